The number of nitrogens with zero attached hydrogens (tertiary/aromatic N) is 1. The summed E-state index contributed by atoms with van der Waals surface area (Å²) in [5, 5.41) is 6.52. The van der Waals surface area contributed by atoms with Gasteiger partial charge in [0.25, 0.3) is 0 Å². The Bertz CT molecular complexity index is 661. The van der Waals surface area contributed by atoms with Crippen LogP contribution in [0.4, 0.5) is 4.39 Å². The van der Waals surface area contributed by atoms with Gasteiger partial charge in [-0.05, 0) is 31.5 Å². The normalized spacial score (nSPS) is 13.9. The van der Waals surface area contributed by atoms with E-state index < -0.39 is 0 Å². The Hall–Kier alpha value is -2.56. The number of halogens is 1. The van der Waals surface area contributed by atoms with Crippen molar-refractivity contribution in [2.24, 2.45) is 4.99 Å². The molecule has 0 radical (unpaired) electrons. The van der Waals surface area contributed by atoms with E-state index in [9.17, 15) is 4.39 Å². The first-order valence-electron chi connectivity index (χ1n) is 8.03. The Morgan fingerprint density at radius 3 is 2.42 bits per heavy atom. The van der Waals surface area contributed by atoms with E-state index in [1.807, 2.05) is 25.1 Å². The summed E-state index contributed by atoms with van der Waals surface area (Å²) < 4.78 is 19.2. The molecule has 0 aliphatic rings. The number of ether oxygens (including phenoxy) is 1. The molecule has 0 saturated heterocycles. The average Bonchev–Trinajstić information content (AvgIpc) is 2.61. The first kappa shape index (κ1) is 17.8. The molecule has 2 rings (SSSR count). The van der Waals surface area contributed by atoms with Crippen molar-refractivity contribution in [2.45, 2.75) is 26.0 Å². The predicted octanol–water partition coefficient (Wildman–Crippen LogP) is 3.52. The van der Waals surface area contributed by atoms with E-state index >= 15 is 0 Å². The van der Waals surface area contributed by atoms with Gasteiger partial charge < -0.3 is 15.4 Å². The summed E-state index contributed by atoms with van der Waals surface area (Å²) in [6.07, 6.45) is -0.201. The lowest BCUT2D eigenvalue weighted by Crippen LogP contribution is -2.42. The molecule has 0 spiro atoms. The summed E-state index contributed by atoms with van der Waals surface area (Å²) in [5.41, 5.74) is 1.18. The molecular formula is C19H24FN3O. The number of hydrogen-bond acceptors (Lipinski definition) is 2. The topological polar surface area (TPSA) is 45.7 Å². The zero-order valence-corrected chi connectivity index (χ0v) is 14.3. The van der Waals surface area contributed by atoms with E-state index in [1.54, 1.807) is 25.2 Å². The van der Waals surface area contributed by atoms with Crippen LogP contribution in [0.1, 0.15) is 25.5 Å². The lowest BCUT2D eigenvalue weighted by atomic mass is 10.1. The number of nitrogens with one attached hydrogen (secondary N) is 2. The van der Waals surface area contributed by atoms with Gasteiger partial charge in [0.2, 0.25) is 0 Å². The highest BCUT2D eigenvalue weighted by atomic mass is 19.1. The van der Waals surface area contributed by atoms with E-state index in [0.717, 1.165) is 0 Å². The van der Waals surface area contributed by atoms with Crippen molar-refractivity contribution in [2.75, 3.05) is 13.6 Å². The first-order valence-corrected chi connectivity index (χ1v) is 8.03. The Morgan fingerprint density at radius 2 is 1.75 bits per heavy atom. The fourth-order valence-corrected chi connectivity index (χ4v) is 2.26. The summed E-state index contributed by atoms with van der Waals surface area (Å²) in [4.78, 5) is 4.21. The standard InChI is InChI=1S/C19H24FN3O/c1-14(24-18-12-8-7-11-17(18)20)13-22-19(21-3)23-15(2)16-9-5-4-6-10-16/h4-12,14-15H,13H2,1-3H3,(H2,21,22,23). The second-order valence-corrected chi connectivity index (χ2v) is 5.59. The molecule has 128 valence electrons. The van der Waals surface area contributed by atoms with Crippen molar-refractivity contribution < 1.29 is 9.13 Å². The van der Waals surface area contributed by atoms with Crippen molar-refractivity contribution in [1.82, 2.24) is 10.6 Å². The molecule has 2 aromatic carbocycles. The molecule has 0 heterocycles. The molecular weight excluding hydrogens is 305 g/mol. The van der Waals surface area contributed by atoms with Crippen LogP contribution in [0.3, 0.4) is 0 Å². The second-order valence-electron chi connectivity index (χ2n) is 5.59. The number of para-hydroxylation sites is 1. The van der Waals surface area contributed by atoms with Gasteiger partial charge in [-0.2, -0.15) is 0 Å². The van der Waals surface area contributed by atoms with Crippen LogP contribution in [0, 0.1) is 5.82 Å². The minimum atomic E-state index is -0.357. The van der Waals surface area contributed by atoms with Gasteiger partial charge in [-0.3, -0.25) is 4.99 Å². The highest BCUT2D eigenvalue weighted by molar-refractivity contribution is 5.80. The highest BCUT2D eigenvalue weighted by Gasteiger charge is 2.11. The van der Waals surface area contributed by atoms with Crippen LogP contribution in [0.15, 0.2) is 59.6 Å². The van der Waals surface area contributed by atoms with E-state index in [4.69, 9.17) is 4.74 Å². The Kier molecular flexibility index (Phi) is 6.61. The van der Waals surface area contributed by atoms with Crippen molar-refractivity contribution in [3.63, 3.8) is 0 Å². The lowest BCUT2D eigenvalue weighted by Gasteiger charge is -2.21. The van der Waals surface area contributed by atoms with Gasteiger partial charge in [0.1, 0.15) is 6.10 Å². The van der Waals surface area contributed by atoms with Gasteiger partial charge in [0.15, 0.2) is 17.5 Å². The van der Waals surface area contributed by atoms with E-state index in [-0.39, 0.29) is 23.7 Å². The number of guanidine groups is 1. The lowest BCUT2D eigenvalue weighted by molar-refractivity contribution is 0.214. The van der Waals surface area contributed by atoms with Crippen LogP contribution in [0.5, 0.6) is 5.75 Å². The molecule has 0 fully saturated rings. The molecule has 2 unspecified atom stereocenters. The fraction of sp³-hybridized carbons (Fsp3) is 0.316. The Labute approximate surface area is 142 Å². The molecule has 0 amide bonds. The van der Waals surface area contributed by atoms with Crippen LogP contribution in [0.2, 0.25) is 0 Å². The predicted molar refractivity (Wildman–Crippen MR) is 95.8 cm³/mol. The second kappa shape index (κ2) is 8.91. The van der Waals surface area contributed by atoms with Crippen LogP contribution < -0.4 is 15.4 Å². The summed E-state index contributed by atoms with van der Waals surface area (Å²) in [6, 6.07) is 16.7. The monoisotopic (exact) mass is 329 g/mol. The minimum Gasteiger partial charge on any atom is -0.486 e. The molecule has 2 N–H and O–H groups in total. The van der Waals surface area contributed by atoms with Crippen LogP contribution in [-0.2, 0) is 0 Å². The summed E-state index contributed by atoms with van der Waals surface area (Å²) in [6.45, 7) is 4.46. The summed E-state index contributed by atoms with van der Waals surface area (Å²) in [7, 11) is 1.72. The van der Waals surface area contributed by atoms with Crippen molar-refractivity contribution in [3.8, 4) is 5.75 Å². The first-order chi connectivity index (χ1) is 11.6. The van der Waals surface area contributed by atoms with Crippen LogP contribution in [0.25, 0.3) is 0 Å². The minimum absolute atomic E-state index is 0.125. The van der Waals surface area contributed by atoms with Gasteiger partial charge in [0, 0.05) is 7.05 Å². The third-order valence-corrected chi connectivity index (χ3v) is 3.60. The van der Waals surface area contributed by atoms with Gasteiger partial charge in [-0.25, -0.2) is 4.39 Å². The summed E-state index contributed by atoms with van der Waals surface area (Å²) >= 11 is 0. The molecule has 5 heteroatoms. The largest absolute Gasteiger partial charge is 0.486 e. The zero-order valence-electron chi connectivity index (χ0n) is 14.3. The molecule has 2 atom stereocenters. The van der Waals surface area contributed by atoms with Gasteiger partial charge in [-0.1, -0.05) is 42.5 Å². The van der Waals surface area contributed by atoms with E-state index in [1.165, 1.54) is 11.6 Å². The summed E-state index contributed by atoms with van der Waals surface area (Å²) in [5.74, 6) is 0.576. The molecule has 0 bridgehead atoms. The molecule has 2 aromatic rings. The smallest absolute Gasteiger partial charge is 0.191 e. The van der Waals surface area contributed by atoms with Crippen molar-refractivity contribution in [3.05, 3.63) is 66.0 Å². The van der Waals surface area contributed by atoms with Crippen molar-refractivity contribution in [1.29, 1.82) is 0 Å². The molecule has 0 aliphatic carbocycles. The Morgan fingerprint density at radius 1 is 1.08 bits per heavy atom. The maximum absolute atomic E-state index is 13.6. The average molecular weight is 329 g/mol. The third kappa shape index (κ3) is 5.26. The SMILES string of the molecule is CN=C(NCC(C)Oc1ccccc1F)NC(C)c1ccccc1. The third-order valence-electron chi connectivity index (χ3n) is 3.60. The van der Waals surface area contributed by atoms with Crippen LogP contribution >= 0.6 is 0 Å². The molecule has 24 heavy (non-hydrogen) atoms. The molecule has 0 aromatic heterocycles. The van der Waals surface area contributed by atoms with Crippen LogP contribution in [-0.4, -0.2) is 25.7 Å². The maximum Gasteiger partial charge on any atom is 0.191 e. The van der Waals surface area contributed by atoms with E-state index in [0.29, 0.717) is 12.5 Å². The number of benzene rings is 2. The number of aliphatic imine (C=N–C) groups is 1. The molecule has 4 nitrogen and oxygen atoms in total. The quantitative estimate of drug-likeness (QED) is 0.630. The van der Waals surface area contributed by atoms with Gasteiger partial charge in [-0.15, -0.1) is 0 Å². The van der Waals surface area contributed by atoms with Crippen molar-refractivity contribution >= 4 is 5.96 Å². The zero-order chi connectivity index (χ0) is 17.4. The van der Waals surface area contributed by atoms with Gasteiger partial charge >= 0.3 is 0 Å². The maximum atomic E-state index is 13.6. The fourth-order valence-electron chi connectivity index (χ4n) is 2.26. The Balaban J connectivity index is 1.84. The highest BCUT2D eigenvalue weighted by Crippen LogP contribution is 2.16. The number of rotatable bonds is 6. The van der Waals surface area contributed by atoms with E-state index in [2.05, 4.69) is 34.7 Å². The molecule has 0 aliphatic heterocycles. The number of hydrogen-bond donors (Lipinski definition) is 2. The molecule has 0 saturated carbocycles. The van der Waals surface area contributed by atoms with Gasteiger partial charge in [0.05, 0.1) is 12.6 Å².